The second kappa shape index (κ2) is 10.2. The van der Waals surface area contributed by atoms with Crippen LogP contribution < -0.4 is 5.32 Å². The summed E-state index contributed by atoms with van der Waals surface area (Å²) >= 11 is 0. The summed E-state index contributed by atoms with van der Waals surface area (Å²) in [6.07, 6.45) is 1.23. The van der Waals surface area contributed by atoms with E-state index in [0.29, 0.717) is 13.1 Å². The molecular weight excluding hydrogens is 438 g/mol. The van der Waals surface area contributed by atoms with Gasteiger partial charge in [-0.05, 0) is 48.7 Å². The molecule has 3 rings (SSSR count). The third kappa shape index (κ3) is 5.30. The van der Waals surface area contributed by atoms with E-state index in [0.717, 1.165) is 19.3 Å². The van der Waals surface area contributed by atoms with Crippen LogP contribution in [0.5, 0.6) is 0 Å². The molecule has 1 amide bonds. The molecule has 172 valence electrons. The highest BCUT2D eigenvalue weighted by molar-refractivity contribution is 7.89. The van der Waals surface area contributed by atoms with Gasteiger partial charge in [0, 0.05) is 30.8 Å². The smallest absolute Gasteiger partial charge is 0.269 e. The Morgan fingerprint density at radius 2 is 1.78 bits per heavy atom. The Kier molecular flexibility index (Phi) is 7.56. The van der Waals surface area contributed by atoms with E-state index in [4.69, 9.17) is 0 Å². The average Bonchev–Trinajstić information content (AvgIpc) is 2.82. The molecule has 32 heavy (non-hydrogen) atoms. The van der Waals surface area contributed by atoms with Gasteiger partial charge in [0.2, 0.25) is 10.0 Å². The summed E-state index contributed by atoms with van der Waals surface area (Å²) < 4.78 is 27.2. The van der Waals surface area contributed by atoms with Gasteiger partial charge in [0.05, 0.1) is 22.5 Å². The molecule has 0 saturated carbocycles. The second-order valence-electron chi connectivity index (χ2n) is 7.55. The average molecular weight is 464 g/mol. The molecular formula is C21H25N3O7S. The minimum atomic E-state index is -3.72. The molecule has 0 aromatic heterocycles. The number of aliphatic hydroxyl groups excluding tert-OH is 2. The van der Waals surface area contributed by atoms with Gasteiger partial charge in [0.25, 0.3) is 11.6 Å². The van der Waals surface area contributed by atoms with Crippen LogP contribution in [0.1, 0.15) is 41.3 Å². The first kappa shape index (κ1) is 23.8. The summed E-state index contributed by atoms with van der Waals surface area (Å²) in [5, 5.41) is 33.4. The van der Waals surface area contributed by atoms with Crippen LogP contribution >= 0.6 is 0 Å². The number of carbonyl (C=O) groups excluding carboxylic acids is 1. The molecule has 2 aromatic rings. The third-order valence-corrected chi connectivity index (χ3v) is 7.28. The molecule has 1 saturated heterocycles. The largest absolute Gasteiger partial charge is 0.394 e. The predicted molar refractivity (Wildman–Crippen MR) is 115 cm³/mol. The first-order valence-electron chi connectivity index (χ1n) is 10.2. The lowest BCUT2D eigenvalue weighted by molar-refractivity contribution is -0.384. The zero-order valence-electron chi connectivity index (χ0n) is 17.3. The van der Waals surface area contributed by atoms with Gasteiger partial charge in [-0.15, -0.1) is 0 Å². The maximum Gasteiger partial charge on any atom is 0.269 e. The van der Waals surface area contributed by atoms with Gasteiger partial charge in [-0.25, -0.2) is 8.42 Å². The van der Waals surface area contributed by atoms with Gasteiger partial charge in [-0.2, -0.15) is 4.31 Å². The molecule has 1 aliphatic heterocycles. The van der Waals surface area contributed by atoms with E-state index >= 15 is 0 Å². The summed E-state index contributed by atoms with van der Waals surface area (Å²) in [4.78, 5) is 22.9. The van der Waals surface area contributed by atoms with E-state index in [2.05, 4.69) is 5.32 Å². The van der Waals surface area contributed by atoms with Gasteiger partial charge in [0.15, 0.2) is 0 Å². The summed E-state index contributed by atoms with van der Waals surface area (Å²) in [6.45, 7) is 0.273. The van der Waals surface area contributed by atoms with Crippen molar-refractivity contribution in [3.63, 3.8) is 0 Å². The summed E-state index contributed by atoms with van der Waals surface area (Å²) in [7, 11) is -3.72. The van der Waals surface area contributed by atoms with Crippen LogP contribution in [-0.4, -0.2) is 59.5 Å². The van der Waals surface area contributed by atoms with E-state index in [1.165, 1.54) is 52.8 Å². The fourth-order valence-corrected chi connectivity index (χ4v) is 5.12. The number of nitro groups is 1. The van der Waals surface area contributed by atoms with Crippen molar-refractivity contribution in [3.05, 3.63) is 69.8 Å². The van der Waals surface area contributed by atoms with Gasteiger partial charge >= 0.3 is 0 Å². The van der Waals surface area contributed by atoms with Crippen molar-refractivity contribution in [3.8, 4) is 0 Å². The number of rotatable bonds is 8. The van der Waals surface area contributed by atoms with E-state index < -0.39 is 39.6 Å². The number of benzene rings is 2. The number of amides is 1. The number of non-ortho nitro benzene ring substituents is 1. The highest BCUT2D eigenvalue weighted by atomic mass is 32.2. The highest BCUT2D eigenvalue weighted by Gasteiger charge is 2.28. The quantitative estimate of drug-likeness (QED) is 0.397. The van der Waals surface area contributed by atoms with Gasteiger partial charge in [-0.1, -0.05) is 12.5 Å². The number of carbonyl (C=O) groups is 1. The lowest BCUT2D eigenvalue weighted by Gasteiger charge is -2.26. The normalized spacial score (nSPS) is 16.8. The molecule has 1 heterocycles. The fourth-order valence-electron chi connectivity index (χ4n) is 3.55. The number of hydrogen-bond acceptors (Lipinski definition) is 7. The van der Waals surface area contributed by atoms with Crippen molar-refractivity contribution in [1.82, 2.24) is 9.62 Å². The standard InChI is InChI=1S/C21H25N3O7S/c25-14-19(20(26)15-7-9-17(10-8-15)24(28)29)22-21(27)16-5-4-6-18(13-16)32(30,31)23-11-2-1-3-12-23/h4-10,13,19-20,25-26H,1-3,11-12,14H2,(H,22,27). The molecule has 2 atom stereocenters. The summed E-state index contributed by atoms with van der Waals surface area (Å²) in [5.74, 6) is -0.666. The Bertz CT molecular complexity index is 1070. The van der Waals surface area contributed by atoms with Crippen LogP contribution in [0, 0.1) is 10.1 Å². The number of nitro benzene ring substituents is 1. The van der Waals surface area contributed by atoms with E-state index in [-0.39, 0.29) is 21.7 Å². The highest BCUT2D eigenvalue weighted by Crippen LogP contribution is 2.23. The molecule has 0 spiro atoms. The second-order valence-corrected chi connectivity index (χ2v) is 9.49. The molecule has 0 bridgehead atoms. The van der Waals surface area contributed by atoms with Crippen molar-refractivity contribution in [2.24, 2.45) is 0 Å². The molecule has 10 nitrogen and oxygen atoms in total. The van der Waals surface area contributed by atoms with Crippen molar-refractivity contribution >= 4 is 21.6 Å². The number of nitrogens with one attached hydrogen (secondary N) is 1. The molecule has 0 aliphatic carbocycles. The Hall–Kier alpha value is -2.86. The van der Waals surface area contributed by atoms with Crippen LogP contribution in [0.15, 0.2) is 53.4 Å². The maximum atomic E-state index is 12.9. The van der Waals surface area contributed by atoms with Crippen LogP contribution in [-0.2, 0) is 10.0 Å². The van der Waals surface area contributed by atoms with Crippen molar-refractivity contribution < 1.29 is 28.3 Å². The Labute approximate surface area is 185 Å². The Balaban J connectivity index is 1.75. The van der Waals surface area contributed by atoms with Crippen LogP contribution in [0.25, 0.3) is 0 Å². The van der Waals surface area contributed by atoms with Crippen molar-refractivity contribution in [2.75, 3.05) is 19.7 Å². The van der Waals surface area contributed by atoms with E-state index in [1.807, 2.05) is 0 Å². The number of hydrogen-bond donors (Lipinski definition) is 3. The summed E-state index contributed by atoms with van der Waals surface area (Å²) in [6, 6.07) is 9.60. The molecule has 1 fully saturated rings. The zero-order chi connectivity index (χ0) is 23.3. The number of piperidine rings is 1. The lowest BCUT2D eigenvalue weighted by Crippen LogP contribution is -2.42. The molecule has 2 aromatic carbocycles. The number of sulfonamides is 1. The topological polar surface area (TPSA) is 150 Å². The minimum absolute atomic E-state index is 0.00326. The van der Waals surface area contributed by atoms with E-state index in [1.54, 1.807) is 0 Å². The molecule has 2 unspecified atom stereocenters. The zero-order valence-corrected chi connectivity index (χ0v) is 18.1. The van der Waals surface area contributed by atoms with Crippen molar-refractivity contribution in [2.45, 2.75) is 36.3 Å². The minimum Gasteiger partial charge on any atom is -0.394 e. The fraction of sp³-hybridized carbons (Fsp3) is 0.381. The Morgan fingerprint density at radius 1 is 1.12 bits per heavy atom. The number of aliphatic hydroxyl groups is 2. The van der Waals surface area contributed by atoms with Crippen LogP contribution in [0.2, 0.25) is 0 Å². The Morgan fingerprint density at radius 3 is 2.38 bits per heavy atom. The van der Waals surface area contributed by atoms with Crippen LogP contribution in [0.3, 0.4) is 0 Å². The molecule has 11 heteroatoms. The van der Waals surface area contributed by atoms with Crippen LogP contribution in [0.4, 0.5) is 5.69 Å². The monoisotopic (exact) mass is 463 g/mol. The predicted octanol–water partition coefficient (Wildman–Crippen LogP) is 1.59. The lowest BCUT2D eigenvalue weighted by atomic mass is 10.0. The maximum absolute atomic E-state index is 12.9. The first-order chi connectivity index (χ1) is 15.2. The van der Waals surface area contributed by atoms with Gasteiger partial charge in [0.1, 0.15) is 6.10 Å². The summed E-state index contributed by atoms with van der Waals surface area (Å²) in [5.41, 5.74) is 0.186. The SMILES string of the molecule is O=C(NC(CO)C(O)c1ccc([N+](=O)[O-])cc1)c1cccc(S(=O)(=O)N2CCCCC2)c1. The third-order valence-electron chi connectivity index (χ3n) is 5.39. The molecule has 3 N–H and O–H groups in total. The first-order valence-corrected chi connectivity index (χ1v) is 11.6. The van der Waals surface area contributed by atoms with Crippen molar-refractivity contribution in [1.29, 1.82) is 0 Å². The molecule has 0 radical (unpaired) electrons. The molecule has 1 aliphatic rings. The van der Waals surface area contributed by atoms with Gasteiger partial charge in [-0.3, -0.25) is 14.9 Å². The number of nitrogens with zero attached hydrogens (tertiary/aromatic N) is 2. The van der Waals surface area contributed by atoms with Gasteiger partial charge < -0.3 is 15.5 Å². The van der Waals surface area contributed by atoms with E-state index in [9.17, 15) is 33.5 Å².